The summed E-state index contributed by atoms with van der Waals surface area (Å²) in [7, 11) is 0. The van der Waals surface area contributed by atoms with Crippen LogP contribution in [0.2, 0.25) is 0 Å². The van der Waals surface area contributed by atoms with Crippen molar-refractivity contribution >= 4 is 5.91 Å². The first-order valence-electron chi connectivity index (χ1n) is 6.43. The molecule has 1 rings (SSSR count). The maximum Gasteiger partial charge on any atom is 0.240 e. The van der Waals surface area contributed by atoms with Gasteiger partial charge in [-0.3, -0.25) is 10.1 Å². The van der Waals surface area contributed by atoms with Gasteiger partial charge in [-0.05, 0) is 20.3 Å². The van der Waals surface area contributed by atoms with Gasteiger partial charge in [-0.15, -0.1) is 0 Å². The minimum Gasteiger partial charge on any atom is -0.355 e. The summed E-state index contributed by atoms with van der Waals surface area (Å²) in [5, 5.41) is 9.62. The third kappa shape index (κ3) is 5.27. The third-order valence-electron chi connectivity index (χ3n) is 2.60. The van der Waals surface area contributed by atoms with Gasteiger partial charge in [0.15, 0.2) is 5.82 Å². The number of carbonyl (C=O) groups excluding carboxylic acids is 1. The monoisotopic (exact) mass is 254 g/mol. The first kappa shape index (κ1) is 14.6. The van der Waals surface area contributed by atoms with Crippen LogP contribution < -0.4 is 10.6 Å². The highest BCUT2D eigenvalue weighted by molar-refractivity contribution is 5.81. The van der Waals surface area contributed by atoms with E-state index in [0.29, 0.717) is 18.3 Å². The molecule has 18 heavy (non-hydrogen) atoms. The molecule has 2 N–H and O–H groups in total. The second-order valence-electron chi connectivity index (χ2n) is 4.34. The molecule has 0 aliphatic rings. The second kappa shape index (κ2) is 7.81. The Bertz CT molecular complexity index is 365. The molecule has 1 atom stereocenters. The van der Waals surface area contributed by atoms with E-state index in [-0.39, 0.29) is 11.9 Å². The van der Waals surface area contributed by atoms with Crippen molar-refractivity contribution < 1.29 is 9.32 Å². The van der Waals surface area contributed by atoms with Crippen LogP contribution in [0.25, 0.3) is 0 Å². The molecule has 0 bridgehead atoms. The molecule has 1 aromatic heterocycles. The molecule has 0 aliphatic heterocycles. The number of nitrogens with zero attached hydrogens (tertiary/aromatic N) is 2. The molecular formula is C12H22N4O2. The van der Waals surface area contributed by atoms with Gasteiger partial charge in [-0.1, -0.05) is 24.9 Å². The van der Waals surface area contributed by atoms with Crippen molar-refractivity contribution in [2.75, 3.05) is 6.54 Å². The van der Waals surface area contributed by atoms with Gasteiger partial charge < -0.3 is 9.84 Å². The molecule has 0 saturated carbocycles. The predicted octanol–water partition coefficient (Wildman–Crippen LogP) is 1.16. The number of hydrogen-bond acceptors (Lipinski definition) is 5. The highest BCUT2D eigenvalue weighted by Gasteiger charge is 2.12. The van der Waals surface area contributed by atoms with E-state index in [2.05, 4.69) is 27.7 Å². The summed E-state index contributed by atoms with van der Waals surface area (Å²) in [5.41, 5.74) is 0. The van der Waals surface area contributed by atoms with Crippen LogP contribution in [0.5, 0.6) is 0 Å². The van der Waals surface area contributed by atoms with Crippen LogP contribution in [0.3, 0.4) is 0 Å². The highest BCUT2D eigenvalue weighted by Crippen LogP contribution is 1.96. The number of aryl methyl sites for hydroxylation is 1. The molecular weight excluding hydrogens is 232 g/mol. The van der Waals surface area contributed by atoms with Gasteiger partial charge in [-0.2, -0.15) is 4.98 Å². The standard InChI is InChI=1S/C12H22N4O2/c1-4-5-6-7-13-12(17)9(2)14-8-11-15-10(3)16-18-11/h9,14H,4-8H2,1-3H3,(H,13,17). The summed E-state index contributed by atoms with van der Waals surface area (Å²) in [6.45, 7) is 6.86. The van der Waals surface area contributed by atoms with Gasteiger partial charge in [0.2, 0.25) is 11.8 Å². The molecule has 1 aromatic rings. The Balaban J connectivity index is 2.19. The van der Waals surface area contributed by atoms with Crippen LogP contribution in [0.15, 0.2) is 4.52 Å². The summed E-state index contributed by atoms with van der Waals surface area (Å²) in [5.74, 6) is 1.10. The molecule has 6 heteroatoms. The average Bonchev–Trinajstić information content (AvgIpc) is 2.77. The number of carbonyl (C=O) groups is 1. The van der Waals surface area contributed by atoms with E-state index < -0.39 is 0 Å². The summed E-state index contributed by atoms with van der Waals surface area (Å²) < 4.78 is 4.95. The Morgan fingerprint density at radius 1 is 1.44 bits per heavy atom. The normalized spacial score (nSPS) is 12.4. The maximum atomic E-state index is 11.7. The van der Waals surface area contributed by atoms with Gasteiger partial charge in [-0.25, -0.2) is 0 Å². The molecule has 1 heterocycles. The molecule has 0 radical (unpaired) electrons. The van der Waals surface area contributed by atoms with Crippen LogP contribution in [0.1, 0.15) is 44.8 Å². The fourth-order valence-electron chi connectivity index (χ4n) is 1.48. The lowest BCUT2D eigenvalue weighted by Crippen LogP contribution is -2.42. The summed E-state index contributed by atoms with van der Waals surface area (Å²) in [4.78, 5) is 15.7. The van der Waals surface area contributed by atoms with E-state index in [1.54, 1.807) is 6.92 Å². The third-order valence-corrected chi connectivity index (χ3v) is 2.60. The van der Waals surface area contributed by atoms with Crippen molar-refractivity contribution in [1.82, 2.24) is 20.8 Å². The fourth-order valence-corrected chi connectivity index (χ4v) is 1.48. The van der Waals surface area contributed by atoms with Crippen molar-refractivity contribution in [3.63, 3.8) is 0 Å². The lowest BCUT2D eigenvalue weighted by atomic mass is 10.2. The molecule has 0 saturated heterocycles. The SMILES string of the molecule is CCCCCNC(=O)C(C)NCc1nc(C)no1. The van der Waals surface area contributed by atoms with E-state index in [1.165, 1.54) is 0 Å². The zero-order valence-corrected chi connectivity index (χ0v) is 11.3. The lowest BCUT2D eigenvalue weighted by Gasteiger charge is -2.12. The van der Waals surface area contributed by atoms with Gasteiger partial charge in [0.1, 0.15) is 0 Å². The Labute approximate surface area is 108 Å². The first-order chi connectivity index (χ1) is 8.63. The Morgan fingerprint density at radius 3 is 2.83 bits per heavy atom. The van der Waals surface area contributed by atoms with Crippen molar-refractivity contribution in [3.05, 3.63) is 11.7 Å². The minimum atomic E-state index is -0.265. The van der Waals surface area contributed by atoms with E-state index in [1.807, 2.05) is 6.92 Å². The number of rotatable bonds is 8. The van der Waals surface area contributed by atoms with Crippen molar-refractivity contribution in [3.8, 4) is 0 Å². The fraction of sp³-hybridized carbons (Fsp3) is 0.750. The van der Waals surface area contributed by atoms with Crippen LogP contribution in [0.4, 0.5) is 0 Å². The minimum absolute atomic E-state index is 0.00217. The molecule has 0 spiro atoms. The second-order valence-corrected chi connectivity index (χ2v) is 4.34. The Kier molecular flexibility index (Phi) is 6.35. The molecule has 0 aliphatic carbocycles. The topological polar surface area (TPSA) is 80.0 Å². The van der Waals surface area contributed by atoms with Gasteiger partial charge >= 0.3 is 0 Å². The molecule has 102 valence electrons. The molecule has 0 fully saturated rings. The first-order valence-corrected chi connectivity index (χ1v) is 6.43. The van der Waals surface area contributed by atoms with Crippen molar-refractivity contribution in [2.24, 2.45) is 0 Å². The van der Waals surface area contributed by atoms with Crippen LogP contribution in [-0.4, -0.2) is 28.6 Å². The molecule has 0 aromatic carbocycles. The Morgan fingerprint density at radius 2 is 2.22 bits per heavy atom. The number of nitrogens with one attached hydrogen (secondary N) is 2. The van der Waals surface area contributed by atoms with E-state index in [9.17, 15) is 4.79 Å². The molecule has 1 amide bonds. The number of aromatic nitrogens is 2. The summed E-state index contributed by atoms with van der Waals surface area (Å²) in [6.07, 6.45) is 3.32. The number of unbranched alkanes of at least 4 members (excludes halogenated alkanes) is 2. The zero-order valence-electron chi connectivity index (χ0n) is 11.3. The molecule has 1 unspecified atom stereocenters. The smallest absolute Gasteiger partial charge is 0.240 e. The van der Waals surface area contributed by atoms with Crippen LogP contribution in [-0.2, 0) is 11.3 Å². The maximum absolute atomic E-state index is 11.7. The van der Waals surface area contributed by atoms with Gasteiger partial charge in [0.05, 0.1) is 12.6 Å². The average molecular weight is 254 g/mol. The van der Waals surface area contributed by atoms with Gasteiger partial charge in [0.25, 0.3) is 0 Å². The summed E-state index contributed by atoms with van der Waals surface area (Å²) in [6, 6.07) is -0.265. The van der Waals surface area contributed by atoms with Crippen molar-refractivity contribution in [1.29, 1.82) is 0 Å². The van der Waals surface area contributed by atoms with E-state index in [0.717, 1.165) is 25.8 Å². The van der Waals surface area contributed by atoms with E-state index in [4.69, 9.17) is 4.52 Å². The van der Waals surface area contributed by atoms with E-state index >= 15 is 0 Å². The lowest BCUT2D eigenvalue weighted by molar-refractivity contribution is -0.122. The summed E-state index contributed by atoms with van der Waals surface area (Å²) >= 11 is 0. The Hall–Kier alpha value is -1.43. The predicted molar refractivity (Wildman–Crippen MR) is 67.9 cm³/mol. The molecule has 6 nitrogen and oxygen atoms in total. The number of hydrogen-bond donors (Lipinski definition) is 2. The quantitative estimate of drug-likeness (QED) is 0.680. The largest absolute Gasteiger partial charge is 0.355 e. The zero-order chi connectivity index (χ0) is 13.4. The highest BCUT2D eigenvalue weighted by atomic mass is 16.5. The van der Waals surface area contributed by atoms with Crippen LogP contribution in [0, 0.1) is 6.92 Å². The number of amides is 1. The van der Waals surface area contributed by atoms with Crippen molar-refractivity contribution in [2.45, 2.75) is 52.6 Å². The van der Waals surface area contributed by atoms with Crippen LogP contribution >= 0.6 is 0 Å². The van der Waals surface area contributed by atoms with Gasteiger partial charge in [0, 0.05) is 6.54 Å².